The lowest BCUT2D eigenvalue weighted by Gasteiger charge is -2.32. The van der Waals surface area contributed by atoms with E-state index in [9.17, 15) is 8.78 Å². The zero-order chi connectivity index (χ0) is 11.5. The van der Waals surface area contributed by atoms with Crippen molar-refractivity contribution >= 4 is 15.1 Å². The zero-order valence-corrected chi connectivity index (χ0v) is 9.51. The molecule has 0 spiro atoms. The zero-order valence-electron chi connectivity index (χ0n) is 8.36. The second-order valence-corrected chi connectivity index (χ2v) is 3.65. The normalized spacial score (nSPS) is 19.7. The molecule has 0 fully saturated rings. The lowest BCUT2D eigenvalue weighted by Crippen LogP contribution is -2.43. The van der Waals surface area contributed by atoms with Crippen molar-refractivity contribution in [1.82, 2.24) is 5.09 Å². The molecule has 0 aliphatic carbocycles. The lowest BCUT2D eigenvalue weighted by atomic mass is 10.2. The maximum absolute atomic E-state index is 13.5. The Morgan fingerprint density at radius 3 is 3.00 bits per heavy atom. The fraction of sp³-hybridized carbons (Fsp3) is 0.200. The highest BCUT2D eigenvalue weighted by atomic mass is 31.0. The average Bonchev–Trinajstić information content (AvgIpc) is 2.32. The fourth-order valence-corrected chi connectivity index (χ4v) is 1.75. The molecular formula is C10H11F2N2OP. The van der Waals surface area contributed by atoms with Crippen LogP contribution in [0.15, 0.2) is 30.5 Å². The molecule has 1 aromatic rings. The van der Waals surface area contributed by atoms with Gasteiger partial charge in [-0.1, -0.05) is 9.39 Å². The summed E-state index contributed by atoms with van der Waals surface area (Å²) < 4.78 is 26.6. The highest BCUT2D eigenvalue weighted by Crippen LogP contribution is 2.25. The van der Waals surface area contributed by atoms with Gasteiger partial charge in [-0.25, -0.2) is 8.78 Å². The molecule has 2 rings (SSSR count). The number of hydrogen-bond donors (Lipinski definition) is 1. The summed E-state index contributed by atoms with van der Waals surface area (Å²) in [6.45, 7) is 0. The van der Waals surface area contributed by atoms with Gasteiger partial charge in [0, 0.05) is 12.5 Å². The van der Waals surface area contributed by atoms with E-state index in [1.807, 2.05) is 0 Å². The van der Waals surface area contributed by atoms with Gasteiger partial charge < -0.3 is 4.84 Å². The number of nitrogens with one attached hydrogen (secondary N) is 1. The monoisotopic (exact) mass is 244 g/mol. The molecule has 0 amide bonds. The molecule has 1 aromatic carbocycles. The predicted molar refractivity (Wildman–Crippen MR) is 60.3 cm³/mol. The molecule has 1 unspecified atom stereocenters. The third kappa shape index (κ3) is 2.15. The van der Waals surface area contributed by atoms with Gasteiger partial charge in [-0.05, 0) is 18.2 Å². The Kier molecular flexibility index (Phi) is 3.36. The number of benzene rings is 1. The topological polar surface area (TPSA) is 24.5 Å². The summed E-state index contributed by atoms with van der Waals surface area (Å²) in [4.78, 5) is 5.17. The Labute approximate surface area is 94.3 Å². The van der Waals surface area contributed by atoms with Crippen LogP contribution in [0.25, 0.3) is 0 Å². The third-order valence-electron chi connectivity index (χ3n) is 2.25. The first-order chi connectivity index (χ1) is 7.72. The van der Waals surface area contributed by atoms with Crippen molar-refractivity contribution in [3.63, 3.8) is 0 Å². The summed E-state index contributed by atoms with van der Waals surface area (Å²) in [6, 6.07) is 3.25. The van der Waals surface area contributed by atoms with Crippen molar-refractivity contribution in [2.24, 2.45) is 0 Å². The molecule has 16 heavy (non-hydrogen) atoms. The van der Waals surface area contributed by atoms with Gasteiger partial charge in [-0.2, -0.15) is 5.06 Å². The maximum atomic E-state index is 13.5. The summed E-state index contributed by atoms with van der Waals surface area (Å²) in [5.41, 5.74) is 0.0734. The van der Waals surface area contributed by atoms with Gasteiger partial charge in [-0.3, -0.25) is 5.09 Å². The minimum atomic E-state index is -0.526. The van der Waals surface area contributed by atoms with Crippen LogP contribution in [0, 0.1) is 11.6 Å². The van der Waals surface area contributed by atoms with E-state index in [0.29, 0.717) is 6.42 Å². The Morgan fingerprint density at radius 1 is 1.44 bits per heavy atom. The summed E-state index contributed by atoms with van der Waals surface area (Å²) in [5.74, 6) is -1.03. The molecule has 2 atom stereocenters. The Bertz CT molecular complexity index is 414. The first-order valence-corrected chi connectivity index (χ1v) is 5.32. The van der Waals surface area contributed by atoms with Gasteiger partial charge in [0.2, 0.25) is 0 Å². The molecule has 1 aliphatic heterocycles. The number of nitrogens with zero attached hydrogens (tertiary/aromatic N) is 1. The molecule has 0 bridgehead atoms. The third-order valence-corrected chi connectivity index (χ3v) is 2.64. The highest BCUT2D eigenvalue weighted by molar-refractivity contribution is 7.13. The van der Waals surface area contributed by atoms with E-state index in [2.05, 4.69) is 14.5 Å². The van der Waals surface area contributed by atoms with Crippen molar-refractivity contribution in [3.05, 3.63) is 42.2 Å². The molecule has 1 heterocycles. The number of hydrogen-bond acceptors (Lipinski definition) is 3. The molecule has 0 saturated carbocycles. The van der Waals surface area contributed by atoms with E-state index in [4.69, 9.17) is 4.84 Å². The van der Waals surface area contributed by atoms with E-state index in [-0.39, 0.29) is 11.9 Å². The van der Waals surface area contributed by atoms with E-state index in [1.165, 1.54) is 11.3 Å². The van der Waals surface area contributed by atoms with Gasteiger partial charge >= 0.3 is 0 Å². The molecule has 0 radical (unpaired) electrons. The van der Waals surface area contributed by atoms with Gasteiger partial charge in [0.15, 0.2) is 0 Å². The van der Waals surface area contributed by atoms with Gasteiger partial charge in [0.25, 0.3) is 0 Å². The minimum absolute atomic E-state index is 0.0734. The van der Waals surface area contributed by atoms with Crippen molar-refractivity contribution < 1.29 is 13.6 Å². The van der Waals surface area contributed by atoms with Crippen molar-refractivity contribution in [3.8, 4) is 0 Å². The van der Waals surface area contributed by atoms with Crippen LogP contribution in [-0.2, 0) is 4.84 Å². The van der Waals surface area contributed by atoms with Crippen molar-refractivity contribution in [1.29, 1.82) is 0 Å². The van der Waals surface area contributed by atoms with Crippen LogP contribution in [0.2, 0.25) is 0 Å². The Balaban J connectivity index is 2.34. The van der Waals surface area contributed by atoms with Gasteiger partial charge in [-0.15, -0.1) is 0 Å². The van der Waals surface area contributed by atoms with E-state index < -0.39 is 11.6 Å². The molecule has 0 saturated heterocycles. The second-order valence-electron chi connectivity index (χ2n) is 3.32. The SMILES string of the molecule is Fc1ccc(F)c(N2OC=CC[C@@H]2NP)c1. The molecule has 0 aromatic heterocycles. The molecule has 3 nitrogen and oxygen atoms in total. The van der Waals surface area contributed by atoms with Crippen LogP contribution in [0.4, 0.5) is 14.5 Å². The molecular weight excluding hydrogens is 233 g/mol. The molecule has 6 heteroatoms. The standard InChI is InChI=1S/C10H11F2N2OP/c11-7-3-4-8(12)9(6-7)14-10(13-16)2-1-5-15-14/h1,3-6,10,13H,2,16H2/t10-/m1/s1. The highest BCUT2D eigenvalue weighted by Gasteiger charge is 2.23. The minimum Gasteiger partial charge on any atom is -0.386 e. The largest absolute Gasteiger partial charge is 0.386 e. The van der Waals surface area contributed by atoms with Crippen LogP contribution in [-0.4, -0.2) is 6.17 Å². The quantitative estimate of drug-likeness (QED) is 0.808. The van der Waals surface area contributed by atoms with Crippen molar-refractivity contribution in [2.75, 3.05) is 5.06 Å². The molecule has 1 aliphatic rings. The summed E-state index contributed by atoms with van der Waals surface area (Å²) in [5, 5.41) is 4.17. The first kappa shape index (κ1) is 11.3. The van der Waals surface area contributed by atoms with Crippen LogP contribution < -0.4 is 10.2 Å². The number of rotatable bonds is 2. The van der Waals surface area contributed by atoms with Gasteiger partial charge in [0.05, 0.1) is 0 Å². The second kappa shape index (κ2) is 4.76. The number of halogens is 2. The van der Waals surface area contributed by atoms with E-state index in [0.717, 1.165) is 18.2 Å². The fourth-order valence-electron chi connectivity index (χ4n) is 1.48. The molecule has 1 N–H and O–H groups in total. The predicted octanol–water partition coefficient (Wildman–Crippen LogP) is 2.33. The van der Waals surface area contributed by atoms with Crippen LogP contribution >= 0.6 is 9.39 Å². The van der Waals surface area contributed by atoms with E-state index >= 15 is 0 Å². The smallest absolute Gasteiger partial charge is 0.150 e. The Hall–Kier alpha value is -1.19. The van der Waals surface area contributed by atoms with Gasteiger partial charge in [0.1, 0.15) is 29.7 Å². The number of hydroxylamine groups is 1. The first-order valence-electron chi connectivity index (χ1n) is 4.74. The molecule has 86 valence electrons. The summed E-state index contributed by atoms with van der Waals surface area (Å²) in [6.07, 6.45) is 3.64. The maximum Gasteiger partial charge on any atom is 0.150 e. The summed E-state index contributed by atoms with van der Waals surface area (Å²) in [7, 11) is 2.33. The van der Waals surface area contributed by atoms with Crippen LogP contribution in [0.3, 0.4) is 0 Å². The van der Waals surface area contributed by atoms with Crippen LogP contribution in [0.1, 0.15) is 6.42 Å². The van der Waals surface area contributed by atoms with Crippen LogP contribution in [0.5, 0.6) is 0 Å². The number of anilines is 1. The van der Waals surface area contributed by atoms with E-state index in [1.54, 1.807) is 6.08 Å². The lowest BCUT2D eigenvalue weighted by molar-refractivity contribution is 0.161. The average molecular weight is 244 g/mol. The summed E-state index contributed by atoms with van der Waals surface area (Å²) >= 11 is 0. The van der Waals surface area contributed by atoms with Crippen molar-refractivity contribution in [2.45, 2.75) is 12.6 Å². The Morgan fingerprint density at radius 2 is 2.25 bits per heavy atom.